The Kier molecular flexibility index (Phi) is 3.12. The standard InChI is InChI=1S/C10H12FNO/c1-7(2)5-10(13)9-4-3-8(11)6-12-9/h3-4,6-7H,5H2,1-2H3. The lowest BCUT2D eigenvalue weighted by molar-refractivity contribution is 0.0963. The molecule has 0 aliphatic carbocycles. The van der Waals surface area contributed by atoms with Crippen LogP contribution in [0.25, 0.3) is 0 Å². The molecular formula is C10H12FNO. The predicted octanol–water partition coefficient (Wildman–Crippen LogP) is 2.45. The molecule has 0 amide bonds. The van der Waals surface area contributed by atoms with Crippen molar-refractivity contribution in [1.29, 1.82) is 0 Å². The van der Waals surface area contributed by atoms with Gasteiger partial charge in [0.2, 0.25) is 0 Å². The number of nitrogens with zero attached hydrogens (tertiary/aromatic N) is 1. The second-order valence-corrected chi connectivity index (χ2v) is 3.38. The van der Waals surface area contributed by atoms with Gasteiger partial charge in [-0.05, 0) is 18.1 Å². The molecule has 0 spiro atoms. The number of halogens is 1. The quantitative estimate of drug-likeness (QED) is 0.670. The zero-order valence-electron chi connectivity index (χ0n) is 7.75. The van der Waals surface area contributed by atoms with E-state index < -0.39 is 5.82 Å². The average Bonchev–Trinajstić information content (AvgIpc) is 2.04. The maximum absolute atomic E-state index is 12.4. The third-order valence-corrected chi connectivity index (χ3v) is 1.61. The second kappa shape index (κ2) is 4.12. The number of carbonyl (C=O) groups excluding carboxylic acids is 1. The van der Waals surface area contributed by atoms with Gasteiger partial charge in [-0.15, -0.1) is 0 Å². The number of hydrogen-bond donors (Lipinski definition) is 0. The van der Waals surface area contributed by atoms with Crippen molar-refractivity contribution in [3.63, 3.8) is 0 Å². The first-order valence-electron chi connectivity index (χ1n) is 4.24. The van der Waals surface area contributed by atoms with E-state index in [0.29, 0.717) is 18.0 Å². The Labute approximate surface area is 76.8 Å². The van der Waals surface area contributed by atoms with Gasteiger partial charge >= 0.3 is 0 Å². The average molecular weight is 181 g/mol. The van der Waals surface area contributed by atoms with E-state index in [0.717, 1.165) is 6.20 Å². The van der Waals surface area contributed by atoms with Gasteiger partial charge < -0.3 is 0 Å². The topological polar surface area (TPSA) is 30.0 Å². The summed E-state index contributed by atoms with van der Waals surface area (Å²) < 4.78 is 12.4. The summed E-state index contributed by atoms with van der Waals surface area (Å²) in [7, 11) is 0. The van der Waals surface area contributed by atoms with Gasteiger partial charge in [-0.2, -0.15) is 0 Å². The SMILES string of the molecule is CC(C)CC(=O)c1ccc(F)cn1. The molecule has 0 radical (unpaired) electrons. The first kappa shape index (κ1) is 9.84. The second-order valence-electron chi connectivity index (χ2n) is 3.38. The molecule has 0 aliphatic rings. The van der Waals surface area contributed by atoms with Crippen LogP contribution in [-0.2, 0) is 0 Å². The summed E-state index contributed by atoms with van der Waals surface area (Å²) in [6.07, 6.45) is 1.52. The van der Waals surface area contributed by atoms with Crippen LogP contribution in [-0.4, -0.2) is 10.8 Å². The highest BCUT2D eigenvalue weighted by molar-refractivity contribution is 5.94. The molecule has 1 heterocycles. The molecule has 2 nitrogen and oxygen atoms in total. The smallest absolute Gasteiger partial charge is 0.181 e. The lowest BCUT2D eigenvalue weighted by atomic mass is 10.1. The monoisotopic (exact) mass is 181 g/mol. The highest BCUT2D eigenvalue weighted by atomic mass is 19.1. The highest BCUT2D eigenvalue weighted by Gasteiger charge is 2.08. The zero-order valence-corrected chi connectivity index (χ0v) is 7.75. The Morgan fingerprint density at radius 1 is 1.54 bits per heavy atom. The van der Waals surface area contributed by atoms with Crippen LogP contribution >= 0.6 is 0 Å². The summed E-state index contributed by atoms with van der Waals surface area (Å²) in [5.41, 5.74) is 0.343. The Hall–Kier alpha value is -1.25. The number of ketones is 1. The first-order valence-corrected chi connectivity index (χ1v) is 4.24. The van der Waals surface area contributed by atoms with Crippen molar-refractivity contribution in [3.05, 3.63) is 29.8 Å². The number of Topliss-reactive ketones (excluding diaryl/α,β-unsaturated/α-hetero) is 1. The van der Waals surface area contributed by atoms with E-state index >= 15 is 0 Å². The molecule has 0 atom stereocenters. The van der Waals surface area contributed by atoms with Gasteiger partial charge in [0.1, 0.15) is 11.5 Å². The van der Waals surface area contributed by atoms with Gasteiger partial charge in [0, 0.05) is 6.42 Å². The lowest BCUT2D eigenvalue weighted by Crippen LogP contribution is -2.05. The van der Waals surface area contributed by atoms with Crippen molar-refractivity contribution < 1.29 is 9.18 Å². The molecule has 0 saturated heterocycles. The van der Waals surface area contributed by atoms with Crippen molar-refractivity contribution in [3.8, 4) is 0 Å². The van der Waals surface area contributed by atoms with Crippen LogP contribution in [0.15, 0.2) is 18.3 Å². The minimum Gasteiger partial charge on any atom is -0.292 e. The van der Waals surface area contributed by atoms with Crippen molar-refractivity contribution in [2.45, 2.75) is 20.3 Å². The minimum atomic E-state index is -0.416. The van der Waals surface area contributed by atoms with Crippen LogP contribution in [0, 0.1) is 11.7 Å². The van der Waals surface area contributed by atoms with Gasteiger partial charge in [-0.3, -0.25) is 9.78 Å². The van der Waals surface area contributed by atoms with E-state index in [1.165, 1.54) is 12.1 Å². The first-order chi connectivity index (χ1) is 6.09. The molecule has 0 N–H and O–H groups in total. The van der Waals surface area contributed by atoms with E-state index in [9.17, 15) is 9.18 Å². The van der Waals surface area contributed by atoms with E-state index in [1.54, 1.807) is 0 Å². The normalized spacial score (nSPS) is 10.5. The van der Waals surface area contributed by atoms with Gasteiger partial charge in [0.05, 0.1) is 6.20 Å². The lowest BCUT2D eigenvalue weighted by Gasteiger charge is -2.02. The molecule has 1 rings (SSSR count). The van der Waals surface area contributed by atoms with Crippen LogP contribution in [0.4, 0.5) is 4.39 Å². The number of aromatic nitrogens is 1. The third kappa shape index (κ3) is 2.93. The number of rotatable bonds is 3. The summed E-state index contributed by atoms with van der Waals surface area (Å²) in [4.78, 5) is 15.1. The molecule has 1 aromatic heterocycles. The fraction of sp³-hybridized carbons (Fsp3) is 0.400. The number of pyridine rings is 1. The van der Waals surface area contributed by atoms with Gasteiger partial charge in [0.15, 0.2) is 5.78 Å². The molecule has 70 valence electrons. The molecule has 0 bridgehead atoms. The summed E-state index contributed by atoms with van der Waals surface area (Å²) in [6, 6.07) is 2.67. The summed E-state index contributed by atoms with van der Waals surface area (Å²) in [6.45, 7) is 3.92. The highest BCUT2D eigenvalue weighted by Crippen LogP contribution is 2.07. The molecule has 0 aromatic carbocycles. The van der Waals surface area contributed by atoms with Crippen molar-refractivity contribution in [2.24, 2.45) is 5.92 Å². The minimum absolute atomic E-state index is 0.0324. The maximum Gasteiger partial charge on any atom is 0.181 e. The number of carbonyl (C=O) groups is 1. The van der Waals surface area contributed by atoms with E-state index in [4.69, 9.17) is 0 Å². The van der Waals surface area contributed by atoms with Gasteiger partial charge in [-0.1, -0.05) is 13.8 Å². The van der Waals surface area contributed by atoms with Crippen LogP contribution in [0.1, 0.15) is 30.8 Å². The fourth-order valence-corrected chi connectivity index (χ4v) is 1.02. The van der Waals surface area contributed by atoms with Crippen molar-refractivity contribution >= 4 is 5.78 Å². The summed E-state index contributed by atoms with van der Waals surface area (Å²) in [5, 5.41) is 0. The van der Waals surface area contributed by atoms with Gasteiger partial charge in [0.25, 0.3) is 0 Å². The largest absolute Gasteiger partial charge is 0.292 e. The third-order valence-electron chi connectivity index (χ3n) is 1.61. The predicted molar refractivity (Wildman–Crippen MR) is 48.0 cm³/mol. The molecule has 0 saturated carbocycles. The van der Waals surface area contributed by atoms with Crippen LogP contribution in [0.3, 0.4) is 0 Å². The van der Waals surface area contributed by atoms with Crippen LogP contribution < -0.4 is 0 Å². The molecule has 0 fully saturated rings. The van der Waals surface area contributed by atoms with E-state index in [2.05, 4.69) is 4.98 Å². The summed E-state index contributed by atoms with van der Waals surface area (Å²) >= 11 is 0. The van der Waals surface area contributed by atoms with Gasteiger partial charge in [-0.25, -0.2) is 4.39 Å². The molecule has 0 aliphatic heterocycles. The molecule has 3 heteroatoms. The van der Waals surface area contributed by atoms with Crippen molar-refractivity contribution in [1.82, 2.24) is 4.98 Å². The van der Waals surface area contributed by atoms with Crippen LogP contribution in [0.5, 0.6) is 0 Å². The molecular weight excluding hydrogens is 169 g/mol. The Bertz CT molecular complexity index is 292. The maximum atomic E-state index is 12.4. The Balaban J connectivity index is 2.72. The zero-order chi connectivity index (χ0) is 9.84. The fourth-order valence-electron chi connectivity index (χ4n) is 1.02. The molecule has 0 unspecified atom stereocenters. The summed E-state index contributed by atoms with van der Waals surface area (Å²) in [5.74, 6) is -0.143. The Morgan fingerprint density at radius 2 is 2.23 bits per heavy atom. The molecule has 1 aromatic rings. The van der Waals surface area contributed by atoms with E-state index in [1.807, 2.05) is 13.8 Å². The number of hydrogen-bond acceptors (Lipinski definition) is 2. The molecule has 13 heavy (non-hydrogen) atoms. The Morgan fingerprint density at radius 3 is 2.69 bits per heavy atom. The van der Waals surface area contributed by atoms with Crippen molar-refractivity contribution in [2.75, 3.05) is 0 Å². The van der Waals surface area contributed by atoms with E-state index in [-0.39, 0.29) is 5.78 Å². The van der Waals surface area contributed by atoms with Crippen LogP contribution in [0.2, 0.25) is 0 Å².